The van der Waals surface area contributed by atoms with Gasteiger partial charge in [-0.25, -0.2) is 4.90 Å². The minimum absolute atomic E-state index is 0.213. The third kappa shape index (κ3) is 1.73. The molecule has 1 aromatic rings. The van der Waals surface area contributed by atoms with Gasteiger partial charge in [-0.3, -0.25) is 14.6 Å². The van der Waals surface area contributed by atoms with Gasteiger partial charge in [0.15, 0.2) is 0 Å². The predicted octanol–water partition coefficient (Wildman–Crippen LogP) is 0.0623. The van der Waals surface area contributed by atoms with Crippen molar-refractivity contribution in [1.82, 2.24) is 4.98 Å². The molecule has 0 aliphatic carbocycles. The van der Waals surface area contributed by atoms with Gasteiger partial charge in [-0.05, 0) is 18.6 Å². The molecule has 0 spiro atoms. The van der Waals surface area contributed by atoms with Gasteiger partial charge in [0.2, 0.25) is 5.91 Å². The maximum absolute atomic E-state index is 11.7. The maximum Gasteiger partial charge on any atom is 0.250 e. The van der Waals surface area contributed by atoms with Crippen molar-refractivity contribution in [2.75, 3.05) is 4.90 Å². The van der Waals surface area contributed by atoms with Crippen molar-refractivity contribution in [3.8, 4) is 0 Å². The van der Waals surface area contributed by atoms with Crippen LogP contribution in [0.3, 0.4) is 0 Å². The zero-order valence-electron chi connectivity index (χ0n) is 8.09. The number of imide groups is 1. The fourth-order valence-corrected chi connectivity index (χ4v) is 1.56. The van der Waals surface area contributed by atoms with Crippen molar-refractivity contribution < 1.29 is 9.59 Å². The van der Waals surface area contributed by atoms with Crippen LogP contribution in [0.2, 0.25) is 0 Å². The molecule has 1 fully saturated rings. The summed E-state index contributed by atoms with van der Waals surface area (Å²) < 4.78 is 0. The summed E-state index contributed by atoms with van der Waals surface area (Å²) in [7, 11) is 0. The zero-order valence-corrected chi connectivity index (χ0v) is 8.09. The summed E-state index contributed by atoms with van der Waals surface area (Å²) in [6, 6.07) is 2.76. The second kappa shape index (κ2) is 3.78. The number of nitrogens with zero attached hydrogens (tertiary/aromatic N) is 2. The quantitative estimate of drug-likeness (QED) is 0.658. The second-order valence-electron chi connectivity index (χ2n) is 3.42. The standard InChI is InChI=1S/C10H11N3O2/c11-8-3-4-9(14)13(10(8)15)7-2-1-5-12-6-7/h1-2,5-6,8H,3-4,11H2/t8-/m0/s1. The number of amides is 2. The minimum Gasteiger partial charge on any atom is -0.320 e. The first-order chi connectivity index (χ1) is 7.20. The second-order valence-corrected chi connectivity index (χ2v) is 3.42. The molecule has 1 saturated heterocycles. The van der Waals surface area contributed by atoms with E-state index in [0.29, 0.717) is 18.5 Å². The molecule has 2 heterocycles. The first kappa shape index (κ1) is 9.79. The number of pyridine rings is 1. The lowest BCUT2D eigenvalue weighted by Gasteiger charge is -2.28. The molecule has 5 heteroatoms. The molecule has 0 aromatic carbocycles. The first-order valence-corrected chi connectivity index (χ1v) is 4.72. The number of hydrogen-bond acceptors (Lipinski definition) is 4. The number of anilines is 1. The fraction of sp³-hybridized carbons (Fsp3) is 0.300. The number of carbonyl (C=O) groups excluding carboxylic acids is 2. The molecule has 1 aromatic heterocycles. The summed E-state index contributed by atoms with van der Waals surface area (Å²) in [4.78, 5) is 28.2. The highest BCUT2D eigenvalue weighted by Gasteiger charge is 2.33. The third-order valence-corrected chi connectivity index (χ3v) is 2.36. The average Bonchev–Trinajstić information content (AvgIpc) is 2.26. The van der Waals surface area contributed by atoms with E-state index in [1.165, 1.54) is 6.20 Å². The molecule has 15 heavy (non-hydrogen) atoms. The molecular formula is C10H11N3O2. The monoisotopic (exact) mass is 205 g/mol. The van der Waals surface area contributed by atoms with Crippen LogP contribution in [0.1, 0.15) is 12.8 Å². The summed E-state index contributed by atoms with van der Waals surface area (Å²) in [5.41, 5.74) is 6.09. The minimum atomic E-state index is -0.581. The molecule has 0 saturated carbocycles. The van der Waals surface area contributed by atoms with E-state index in [-0.39, 0.29) is 11.8 Å². The molecule has 0 unspecified atom stereocenters. The Morgan fingerprint density at radius 1 is 1.47 bits per heavy atom. The van der Waals surface area contributed by atoms with Crippen LogP contribution < -0.4 is 10.6 Å². The van der Waals surface area contributed by atoms with Crippen molar-refractivity contribution in [3.63, 3.8) is 0 Å². The van der Waals surface area contributed by atoms with E-state index >= 15 is 0 Å². The SMILES string of the molecule is N[C@H]1CCC(=O)N(c2cccnc2)C1=O. The van der Waals surface area contributed by atoms with Crippen LogP contribution in [0.5, 0.6) is 0 Å². The number of piperidine rings is 1. The summed E-state index contributed by atoms with van der Waals surface area (Å²) in [6.07, 6.45) is 3.80. The highest BCUT2D eigenvalue weighted by atomic mass is 16.2. The fourth-order valence-electron chi connectivity index (χ4n) is 1.56. The van der Waals surface area contributed by atoms with E-state index in [9.17, 15) is 9.59 Å². The summed E-state index contributed by atoms with van der Waals surface area (Å²) in [5.74, 6) is -0.561. The lowest BCUT2D eigenvalue weighted by molar-refractivity contribution is -0.130. The molecule has 78 valence electrons. The summed E-state index contributed by atoms with van der Waals surface area (Å²) in [5, 5.41) is 0. The van der Waals surface area contributed by atoms with Crippen LogP contribution in [0, 0.1) is 0 Å². The molecule has 2 rings (SSSR count). The molecule has 5 nitrogen and oxygen atoms in total. The van der Waals surface area contributed by atoms with Crippen LogP contribution in [0.25, 0.3) is 0 Å². The van der Waals surface area contributed by atoms with Crippen LogP contribution >= 0.6 is 0 Å². The number of rotatable bonds is 1. The Morgan fingerprint density at radius 2 is 2.27 bits per heavy atom. The summed E-state index contributed by atoms with van der Waals surface area (Å²) >= 11 is 0. The molecular weight excluding hydrogens is 194 g/mol. The Hall–Kier alpha value is -1.75. The molecule has 2 amide bonds. The Labute approximate surface area is 86.9 Å². The molecule has 2 N–H and O–H groups in total. The molecule has 0 radical (unpaired) electrons. The smallest absolute Gasteiger partial charge is 0.250 e. The van der Waals surface area contributed by atoms with Crippen LogP contribution in [-0.2, 0) is 9.59 Å². The van der Waals surface area contributed by atoms with Crippen LogP contribution in [0.4, 0.5) is 5.69 Å². The van der Waals surface area contributed by atoms with Gasteiger partial charge in [0.05, 0.1) is 17.9 Å². The van der Waals surface area contributed by atoms with Gasteiger partial charge in [-0.1, -0.05) is 0 Å². The van der Waals surface area contributed by atoms with Gasteiger partial charge < -0.3 is 5.73 Å². The normalized spacial score (nSPS) is 21.9. The van der Waals surface area contributed by atoms with Crippen molar-refractivity contribution >= 4 is 17.5 Å². The van der Waals surface area contributed by atoms with Gasteiger partial charge >= 0.3 is 0 Å². The largest absolute Gasteiger partial charge is 0.320 e. The van der Waals surface area contributed by atoms with Crippen LogP contribution in [-0.4, -0.2) is 22.8 Å². The van der Waals surface area contributed by atoms with E-state index in [1.54, 1.807) is 18.3 Å². The molecule has 1 aliphatic rings. The molecule has 1 atom stereocenters. The van der Waals surface area contributed by atoms with E-state index in [1.807, 2.05) is 0 Å². The maximum atomic E-state index is 11.7. The van der Waals surface area contributed by atoms with Gasteiger partial charge in [0, 0.05) is 12.6 Å². The van der Waals surface area contributed by atoms with Gasteiger partial charge in [-0.15, -0.1) is 0 Å². The number of nitrogens with two attached hydrogens (primary N) is 1. The predicted molar refractivity (Wildman–Crippen MR) is 53.9 cm³/mol. The van der Waals surface area contributed by atoms with Gasteiger partial charge in [-0.2, -0.15) is 0 Å². The van der Waals surface area contributed by atoms with E-state index in [4.69, 9.17) is 5.73 Å². The number of aromatic nitrogens is 1. The third-order valence-electron chi connectivity index (χ3n) is 2.36. The summed E-state index contributed by atoms with van der Waals surface area (Å²) in [6.45, 7) is 0. The average molecular weight is 205 g/mol. The highest BCUT2D eigenvalue weighted by molar-refractivity contribution is 6.18. The lowest BCUT2D eigenvalue weighted by Crippen LogP contribution is -2.51. The van der Waals surface area contributed by atoms with E-state index < -0.39 is 6.04 Å². The van der Waals surface area contributed by atoms with Gasteiger partial charge in [0.1, 0.15) is 0 Å². The highest BCUT2D eigenvalue weighted by Crippen LogP contribution is 2.19. The molecule has 0 bridgehead atoms. The Kier molecular flexibility index (Phi) is 2.47. The Bertz CT molecular complexity index is 391. The van der Waals surface area contributed by atoms with Gasteiger partial charge in [0.25, 0.3) is 5.91 Å². The Balaban J connectivity index is 2.34. The number of hydrogen-bond donors (Lipinski definition) is 1. The Morgan fingerprint density at radius 3 is 2.93 bits per heavy atom. The topological polar surface area (TPSA) is 76.3 Å². The van der Waals surface area contributed by atoms with Crippen molar-refractivity contribution in [2.45, 2.75) is 18.9 Å². The lowest BCUT2D eigenvalue weighted by atomic mass is 10.0. The van der Waals surface area contributed by atoms with E-state index in [2.05, 4.69) is 4.98 Å². The zero-order chi connectivity index (χ0) is 10.8. The first-order valence-electron chi connectivity index (χ1n) is 4.72. The van der Waals surface area contributed by atoms with Crippen LogP contribution in [0.15, 0.2) is 24.5 Å². The van der Waals surface area contributed by atoms with Crippen molar-refractivity contribution in [2.24, 2.45) is 5.73 Å². The van der Waals surface area contributed by atoms with E-state index in [0.717, 1.165) is 4.90 Å². The molecule has 1 aliphatic heterocycles. The number of carbonyl (C=O) groups is 2. The van der Waals surface area contributed by atoms with Crippen molar-refractivity contribution in [3.05, 3.63) is 24.5 Å². The van der Waals surface area contributed by atoms with Crippen molar-refractivity contribution in [1.29, 1.82) is 0 Å².